The lowest BCUT2D eigenvalue weighted by atomic mass is 9.97. The summed E-state index contributed by atoms with van der Waals surface area (Å²) in [6, 6.07) is 57.2. The SMILES string of the molecule is c1ccc(-c2ccc3sc4c(-n5c6ccccc6c6cc(-c7cccc(-c8cccc(-n9c%10ccncc%10c%10cnccc%109)c8)c7)ccc65)cccc4c3c2)nc1. The van der Waals surface area contributed by atoms with Gasteiger partial charge in [0.25, 0.3) is 0 Å². The van der Waals surface area contributed by atoms with E-state index >= 15 is 0 Å². The van der Waals surface area contributed by atoms with E-state index in [1.165, 1.54) is 64.4 Å². The zero-order chi connectivity index (χ0) is 37.5. The number of aromatic nitrogens is 5. The fourth-order valence-electron chi connectivity index (χ4n) is 8.75. The smallest absolute Gasteiger partial charge is 0.0702 e. The number of fused-ring (bicyclic) bond motifs is 9. The fourth-order valence-corrected chi connectivity index (χ4v) is 9.94. The Hall–Kier alpha value is -7.41. The highest BCUT2D eigenvalue weighted by atomic mass is 32.1. The number of para-hydroxylation sites is 1. The first kappa shape index (κ1) is 31.9. The van der Waals surface area contributed by atoms with Gasteiger partial charge in [-0.2, -0.15) is 0 Å². The van der Waals surface area contributed by atoms with Crippen molar-refractivity contribution in [2.24, 2.45) is 0 Å². The van der Waals surface area contributed by atoms with Gasteiger partial charge in [0.15, 0.2) is 0 Å². The Bertz CT molecular complexity index is 3490. The molecule has 6 aromatic carbocycles. The molecule has 57 heavy (non-hydrogen) atoms. The van der Waals surface area contributed by atoms with Crippen LogP contribution < -0.4 is 0 Å². The molecule has 0 aliphatic carbocycles. The summed E-state index contributed by atoms with van der Waals surface area (Å²) >= 11 is 1.86. The first-order valence-electron chi connectivity index (χ1n) is 19.1. The number of hydrogen-bond acceptors (Lipinski definition) is 4. The van der Waals surface area contributed by atoms with Crippen molar-refractivity contribution in [1.29, 1.82) is 0 Å². The Kier molecular flexibility index (Phi) is 7.03. The number of pyridine rings is 3. The van der Waals surface area contributed by atoms with Gasteiger partial charge in [-0.25, -0.2) is 0 Å². The van der Waals surface area contributed by atoms with Crippen molar-refractivity contribution in [2.75, 3.05) is 0 Å². The van der Waals surface area contributed by atoms with Crippen molar-refractivity contribution in [2.45, 2.75) is 0 Å². The summed E-state index contributed by atoms with van der Waals surface area (Å²) in [5.74, 6) is 0. The Morgan fingerprint density at radius 3 is 1.84 bits per heavy atom. The van der Waals surface area contributed by atoms with E-state index in [-0.39, 0.29) is 0 Å². The third-order valence-electron chi connectivity index (χ3n) is 11.4. The van der Waals surface area contributed by atoms with Crippen molar-refractivity contribution < 1.29 is 0 Å². The summed E-state index contributed by atoms with van der Waals surface area (Å²) in [5, 5.41) is 7.20. The van der Waals surface area contributed by atoms with Gasteiger partial charge in [0.2, 0.25) is 0 Å². The molecule has 0 saturated carbocycles. The van der Waals surface area contributed by atoms with Gasteiger partial charge in [0.05, 0.1) is 38.1 Å². The zero-order valence-corrected chi connectivity index (χ0v) is 31.4. The number of thiophene rings is 1. The molecule has 6 heteroatoms. The first-order chi connectivity index (χ1) is 28.3. The van der Waals surface area contributed by atoms with Crippen LogP contribution in [0, 0.1) is 0 Å². The van der Waals surface area contributed by atoms with Crippen LogP contribution in [0.1, 0.15) is 0 Å². The maximum Gasteiger partial charge on any atom is 0.0702 e. The molecule has 0 aliphatic rings. The lowest BCUT2D eigenvalue weighted by Crippen LogP contribution is -1.94. The first-order valence-corrected chi connectivity index (χ1v) is 19.9. The number of rotatable bonds is 5. The predicted octanol–water partition coefficient (Wildman–Crippen LogP) is 13.4. The van der Waals surface area contributed by atoms with Crippen LogP contribution in [0.25, 0.3) is 109 Å². The minimum Gasteiger partial charge on any atom is -0.309 e. The molecule has 5 nitrogen and oxygen atoms in total. The van der Waals surface area contributed by atoms with E-state index in [2.05, 4.69) is 170 Å². The average Bonchev–Trinajstić information content (AvgIpc) is 3.94. The van der Waals surface area contributed by atoms with Crippen molar-refractivity contribution in [3.05, 3.63) is 189 Å². The van der Waals surface area contributed by atoms with E-state index in [0.717, 1.165) is 44.3 Å². The van der Waals surface area contributed by atoms with Gasteiger partial charge in [-0.15, -0.1) is 11.3 Å². The van der Waals surface area contributed by atoms with Gasteiger partial charge in [-0.1, -0.05) is 78.9 Å². The highest BCUT2D eigenvalue weighted by molar-refractivity contribution is 7.26. The zero-order valence-electron chi connectivity index (χ0n) is 30.5. The molecule has 12 rings (SSSR count). The normalized spacial score (nSPS) is 11.9. The molecule has 0 radical (unpaired) electrons. The number of hydrogen-bond donors (Lipinski definition) is 0. The summed E-state index contributed by atoms with van der Waals surface area (Å²) in [6.45, 7) is 0. The molecule has 6 heterocycles. The van der Waals surface area contributed by atoms with Crippen LogP contribution in [-0.4, -0.2) is 24.1 Å². The maximum absolute atomic E-state index is 4.62. The molecule has 0 aliphatic heterocycles. The molecule has 0 spiro atoms. The second-order valence-electron chi connectivity index (χ2n) is 14.5. The van der Waals surface area contributed by atoms with Crippen molar-refractivity contribution in [3.8, 4) is 44.9 Å². The molecule has 0 unspecified atom stereocenters. The Morgan fingerprint density at radius 1 is 0.386 bits per heavy atom. The third kappa shape index (κ3) is 4.98. The van der Waals surface area contributed by atoms with Crippen LogP contribution >= 0.6 is 11.3 Å². The molecular formula is C51H31N5S. The van der Waals surface area contributed by atoms with Gasteiger partial charge in [0, 0.05) is 79.3 Å². The van der Waals surface area contributed by atoms with Crippen molar-refractivity contribution in [1.82, 2.24) is 24.1 Å². The minimum absolute atomic E-state index is 0.988. The van der Waals surface area contributed by atoms with Crippen LogP contribution in [0.4, 0.5) is 0 Å². The van der Waals surface area contributed by atoms with Crippen LogP contribution in [0.15, 0.2) is 189 Å². The molecule has 0 bridgehead atoms. The monoisotopic (exact) mass is 745 g/mol. The summed E-state index contributed by atoms with van der Waals surface area (Å²) in [6.07, 6.45) is 9.44. The van der Waals surface area contributed by atoms with Crippen molar-refractivity contribution >= 4 is 75.1 Å². The van der Waals surface area contributed by atoms with E-state index in [1.54, 1.807) is 0 Å². The minimum atomic E-state index is 0.988. The van der Waals surface area contributed by atoms with Gasteiger partial charge < -0.3 is 9.13 Å². The summed E-state index contributed by atoms with van der Waals surface area (Å²) in [5.41, 5.74) is 13.7. The number of benzene rings is 6. The topological polar surface area (TPSA) is 48.5 Å². The lowest BCUT2D eigenvalue weighted by molar-refractivity contribution is 1.17. The molecule has 0 amide bonds. The van der Waals surface area contributed by atoms with Crippen LogP contribution in [0.2, 0.25) is 0 Å². The third-order valence-corrected chi connectivity index (χ3v) is 12.6. The maximum atomic E-state index is 4.62. The summed E-state index contributed by atoms with van der Waals surface area (Å²) < 4.78 is 7.31. The highest BCUT2D eigenvalue weighted by Gasteiger charge is 2.18. The molecule has 0 saturated heterocycles. The fraction of sp³-hybridized carbons (Fsp3) is 0. The summed E-state index contributed by atoms with van der Waals surface area (Å²) in [4.78, 5) is 13.4. The highest BCUT2D eigenvalue weighted by Crippen LogP contribution is 2.43. The lowest BCUT2D eigenvalue weighted by Gasteiger charge is -2.12. The van der Waals surface area contributed by atoms with Crippen molar-refractivity contribution in [3.63, 3.8) is 0 Å². The standard InChI is InChI=1S/C51H31N5S/c1-2-15-45-38(12-1)40-28-35(17-19-46(40)56(45)49-16-7-13-39-41-29-36(44-14-3-4-23-54-44)18-20-50(41)57-51(39)49)33-9-5-8-32(26-33)34-10-6-11-37(27-34)55-47-21-24-52-30-42(47)43-31-53-25-22-48(43)55/h1-31H. The molecule has 266 valence electrons. The Balaban J connectivity index is 0.970. The largest absolute Gasteiger partial charge is 0.309 e. The second-order valence-corrected chi connectivity index (χ2v) is 15.6. The Labute approximate surface area is 331 Å². The van der Waals surface area contributed by atoms with E-state index in [4.69, 9.17) is 0 Å². The van der Waals surface area contributed by atoms with Gasteiger partial charge >= 0.3 is 0 Å². The quantitative estimate of drug-likeness (QED) is 0.176. The summed E-state index contributed by atoms with van der Waals surface area (Å²) in [7, 11) is 0. The van der Waals surface area contributed by atoms with Crippen LogP contribution in [0.3, 0.4) is 0 Å². The molecule has 0 atom stereocenters. The van der Waals surface area contributed by atoms with Gasteiger partial charge in [-0.05, 0) is 101 Å². The second kappa shape index (κ2) is 12.6. The number of nitrogens with zero attached hydrogens (tertiary/aromatic N) is 5. The van der Waals surface area contributed by atoms with Gasteiger partial charge in [-0.3, -0.25) is 15.0 Å². The molecule has 0 fully saturated rings. The molecule has 0 N–H and O–H groups in total. The van der Waals surface area contributed by atoms with E-state index < -0.39 is 0 Å². The molecular weight excluding hydrogens is 715 g/mol. The van der Waals surface area contributed by atoms with E-state index in [9.17, 15) is 0 Å². The van der Waals surface area contributed by atoms with E-state index in [0.29, 0.717) is 0 Å². The van der Waals surface area contributed by atoms with E-state index in [1.807, 2.05) is 54.5 Å². The van der Waals surface area contributed by atoms with Crippen LogP contribution in [0.5, 0.6) is 0 Å². The van der Waals surface area contributed by atoms with Crippen LogP contribution in [-0.2, 0) is 0 Å². The predicted molar refractivity (Wildman–Crippen MR) is 238 cm³/mol. The molecule has 12 aromatic rings. The van der Waals surface area contributed by atoms with Gasteiger partial charge in [0.1, 0.15) is 0 Å². The molecule has 6 aromatic heterocycles. The Morgan fingerprint density at radius 2 is 1.04 bits per heavy atom. The average molecular weight is 746 g/mol.